The maximum atomic E-state index is 11.9. The number of fused-ring (bicyclic) bond motifs is 1. The van der Waals surface area contributed by atoms with Crippen LogP contribution < -0.4 is 10.1 Å². The number of carbonyl (C=O) groups is 1. The van der Waals surface area contributed by atoms with Crippen molar-refractivity contribution in [2.45, 2.75) is 25.0 Å². The van der Waals surface area contributed by atoms with E-state index in [0.717, 1.165) is 35.2 Å². The number of nitrogens with one attached hydrogen (secondary N) is 2. The third kappa shape index (κ3) is 3.93. The minimum atomic E-state index is -0.0890. The van der Waals surface area contributed by atoms with Crippen molar-refractivity contribution in [2.24, 2.45) is 14.1 Å². The van der Waals surface area contributed by atoms with Crippen molar-refractivity contribution in [3.05, 3.63) is 43.5 Å². The SMILES string of the molecule is C=CC(=O)N(C)C1CC(Oc2nc(Nc3cnn(C)c3)nc3[nH]cc(-c4ccn(C)n4)c23)C1. The number of nitrogens with zero attached hydrogens (tertiary/aromatic N) is 7. The number of hydrogen-bond acceptors (Lipinski definition) is 7. The quantitative estimate of drug-likeness (QED) is 0.418. The number of aryl methyl sites for hydroxylation is 2. The summed E-state index contributed by atoms with van der Waals surface area (Å²) in [4.78, 5) is 26.1. The van der Waals surface area contributed by atoms with Gasteiger partial charge in [-0.2, -0.15) is 20.2 Å². The Hall–Kier alpha value is -4.15. The van der Waals surface area contributed by atoms with Crippen LogP contribution >= 0.6 is 0 Å². The number of anilines is 2. The molecule has 11 nitrogen and oxygen atoms in total. The highest BCUT2D eigenvalue weighted by Gasteiger charge is 2.36. The molecule has 1 aliphatic carbocycles. The Morgan fingerprint density at radius 1 is 1.33 bits per heavy atom. The van der Waals surface area contributed by atoms with Gasteiger partial charge in [-0.25, -0.2) is 0 Å². The van der Waals surface area contributed by atoms with E-state index in [9.17, 15) is 4.79 Å². The first kappa shape index (κ1) is 20.7. The zero-order chi connectivity index (χ0) is 23.1. The van der Waals surface area contributed by atoms with Gasteiger partial charge in [-0.3, -0.25) is 14.2 Å². The molecule has 11 heteroatoms. The number of hydrogen-bond donors (Lipinski definition) is 2. The van der Waals surface area contributed by atoms with Crippen molar-refractivity contribution < 1.29 is 9.53 Å². The smallest absolute Gasteiger partial charge is 0.245 e. The molecule has 5 rings (SSSR count). The largest absolute Gasteiger partial charge is 0.474 e. The van der Waals surface area contributed by atoms with Crippen LogP contribution in [0.4, 0.5) is 11.6 Å². The predicted octanol–water partition coefficient (Wildman–Crippen LogP) is 2.39. The zero-order valence-electron chi connectivity index (χ0n) is 18.7. The number of likely N-dealkylation sites (N-methyl/N-ethyl adjacent to an activating group) is 1. The van der Waals surface area contributed by atoms with Crippen molar-refractivity contribution in [2.75, 3.05) is 12.4 Å². The zero-order valence-corrected chi connectivity index (χ0v) is 18.7. The van der Waals surface area contributed by atoms with E-state index in [1.165, 1.54) is 6.08 Å². The average Bonchev–Trinajstić information content (AvgIpc) is 3.49. The fourth-order valence-electron chi connectivity index (χ4n) is 3.95. The number of carbonyl (C=O) groups excluding carboxylic acids is 1. The fraction of sp³-hybridized carbons (Fsp3) is 0.318. The van der Waals surface area contributed by atoms with Crippen LogP contribution in [0.5, 0.6) is 5.88 Å². The number of ether oxygens (including phenoxy) is 1. The van der Waals surface area contributed by atoms with Crippen molar-refractivity contribution in [1.29, 1.82) is 0 Å². The molecule has 1 saturated carbocycles. The van der Waals surface area contributed by atoms with Gasteiger partial charge in [-0.1, -0.05) is 6.58 Å². The Morgan fingerprint density at radius 2 is 2.15 bits per heavy atom. The maximum Gasteiger partial charge on any atom is 0.245 e. The summed E-state index contributed by atoms with van der Waals surface area (Å²) in [6.45, 7) is 3.56. The van der Waals surface area contributed by atoms with Crippen LogP contribution in [0.2, 0.25) is 0 Å². The summed E-state index contributed by atoms with van der Waals surface area (Å²) in [5.41, 5.74) is 3.07. The summed E-state index contributed by atoms with van der Waals surface area (Å²) in [7, 11) is 5.50. The Labute approximate surface area is 190 Å². The minimum Gasteiger partial charge on any atom is -0.474 e. The Kier molecular flexibility index (Phi) is 5.08. The van der Waals surface area contributed by atoms with Crippen LogP contribution in [0.1, 0.15) is 12.8 Å². The maximum absolute atomic E-state index is 11.9. The van der Waals surface area contributed by atoms with Crippen molar-refractivity contribution >= 4 is 28.6 Å². The Balaban J connectivity index is 1.47. The van der Waals surface area contributed by atoms with E-state index in [4.69, 9.17) is 4.74 Å². The molecular formula is C22H25N9O2. The van der Waals surface area contributed by atoms with E-state index in [1.54, 1.807) is 27.5 Å². The van der Waals surface area contributed by atoms with Crippen LogP contribution in [0, 0.1) is 0 Å². The van der Waals surface area contributed by atoms with E-state index in [2.05, 4.69) is 37.0 Å². The van der Waals surface area contributed by atoms with Crippen LogP contribution in [0.3, 0.4) is 0 Å². The molecular weight excluding hydrogens is 422 g/mol. The molecule has 0 unspecified atom stereocenters. The van der Waals surface area contributed by atoms with Gasteiger partial charge in [0.15, 0.2) is 0 Å². The first-order chi connectivity index (χ1) is 15.9. The number of aromatic nitrogens is 7. The highest BCUT2D eigenvalue weighted by atomic mass is 16.5. The molecule has 1 amide bonds. The van der Waals surface area contributed by atoms with Gasteiger partial charge in [0.05, 0.1) is 23.0 Å². The Morgan fingerprint density at radius 3 is 2.82 bits per heavy atom. The summed E-state index contributed by atoms with van der Waals surface area (Å²) < 4.78 is 9.78. The average molecular weight is 448 g/mol. The highest BCUT2D eigenvalue weighted by Crippen LogP contribution is 2.37. The van der Waals surface area contributed by atoms with Crippen molar-refractivity contribution in [1.82, 2.24) is 39.4 Å². The molecule has 33 heavy (non-hydrogen) atoms. The number of H-pyrrole nitrogens is 1. The first-order valence-corrected chi connectivity index (χ1v) is 10.6. The molecule has 0 spiro atoms. The lowest BCUT2D eigenvalue weighted by atomic mass is 9.88. The van der Waals surface area contributed by atoms with Crippen LogP contribution in [0.15, 0.2) is 43.5 Å². The second kappa shape index (κ2) is 8.08. The number of rotatable bonds is 7. The summed E-state index contributed by atoms with van der Waals surface area (Å²) in [6.07, 6.45) is 9.99. The predicted molar refractivity (Wildman–Crippen MR) is 123 cm³/mol. The molecule has 2 N–H and O–H groups in total. The van der Waals surface area contributed by atoms with Gasteiger partial charge >= 0.3 is 0 Å². The molecule has 4 heterocycles. The number of aromatic amines is 1. The lowest BCUT2D eigenvalue weighted by molar-refractivity contribution is -0.130. The molecule has 170 valence electrons. The summed E-state index contributed by atoms with van der Waals surface area (Å²) in [5, 5.41) is 12.6. The van der Waals surface area contributed by atoms with E-state index >= 15 is 0 Å². The van der Waals surface area contributed by atoms with Crippen LogP contribution in [-0.2, 0) is 18.9 Å². The van der Waals surface area contributed by atoms with Gasteiger partial charge in [0.2, 0.25) is 17.7 Å². The van der Waals surface area contributed by atoms with Gasteiger partial charge in [0.1, 0.15) is 11.8 Å². The molecule has 4 aromatic rings. The van der Waals surface area contributed by atoms with Crippen molar-refractivity contribution in [3.8, 4) is 17.1 Å². The molecule has 0 aliphatic heterocycles. The Bertz CT molecular complexity index is 1330. The molecule has 0 radical (unpaired) electrons. The van der Waals surface area contributed by atoms with Gasteiger partial charge in [0.25, 0.3) is 0 Å². The van der Waals surface area contributed by atoms with E-state index in [0.29, 0.717) is 17.5 Å². The standard InChI is InChI=1S/C22H25N9O2/c1-5-18(32)31(4)14-8-15(9-14)33-21-19-16(17-6-7-29(2)28-17)11-23-20(19)26-22(27-21)25-13-10-24-30(3)12-13/h5-7,10-12,14-15H,1,8-9H2,2-4H3,(H2,23,25,26,27). The molecule has 4 aromatic heterocycles. The molecule has 0 saturated heterocycles. The van der Waals surface area contributed by atoms with Gasteiger partial charge in [-0.15, -0.1) is 0 Å². The monoisotopic (exact) mass is 447 g/mol. The third-order valence-electron chi connectivity index (χ3n) is 5.87. The second-order valence-corrected chi connectivity index (χ2v) is 8.20. The van der Waals surface area contributed by atoms with Gasteiger partial charge in [-0.05, 0) is 12.1 Å². The molecule has 0 atom stereocenters. The summed E-state index contributed by atoms with van der Waals surface area (Å²) in [5.74, 6) is 0.776. The number of amides is 1. The molecule has 1 fully saturated rings. The summed E-state index contributed by atoms with van der Waals surface area (Å²) in [6, 6.07) is 2.05. The first-order valence-electron chi connectivity index (χ1n) is 10.6. The lowest BCUT2D eigenvalue weighted by Gasteiger charge is -2.40. The van der Waals surface area contributed by atoms with Gasteiger partial charge < -0.3 is 19.9 Å². The molecule has 1 aliphatic rings. The topological polar surface area (TPSA) is 119 Å². The van der Waals surface area contributed by atoms with Crippen molar-refractivity contribution in [3.63, 3.8) is 0 Å². The highest BCUT2D eigenvalue weighted by molar-refractivity contribution is 5.97. The summed E-state index contributed by atoms with van der Waals surface area (Å²) >= 11 is 0. The second-order valence-electron chi connectivity index (χ2n) is 8.20. The third-order valence-corrected chi connectivity index (χ3v) is 5.87. The molecule has 0 aromatic carbocycles. The van der Waals surface area contributed by atoms with E-state index < -0.39 is 0 Å². The molecule has 0 bridgehead atoms. The van der Waals surface area contributed by atoms with E-state index in [-0.39, 0.29) is 18.1 Å². The van der Waals surface area contributed by atoms with Crippen LogP contribution in [-0.4, -0.2) is 64.5 Å². The fourth-order valence-corrected chi connectivity index (χ4v) is 3.95. The lowest BCUT2D eigenvalue weighted by Crippen LogP contribution is -2.49. The minimum absolute atomic E-state index is 0.0640. The van der Waals surface area contributed by atoms with Gasteiger partial charge in [0, 0.05) is 64.2 Å². The van der Waals surface area contributed by atoms with E-state index in [1.807, 2.05) is 38.8 Å². The van der Waals surface area contributed by atoms with Crippen LogP contribution in [0.25, 0.3) is 22.3 Å². The normalized spacial score (nSPS) is 17.5.